The van der Waals surface area contributed by atoms with Crippen LogP contribution in [0.1, 0.15) is 120 Å². The Morgan fingerprint density at radius 1 is 0.667 bits per heavy atom. The molecule has 0 aliphatic carbocycles. The van der Waals surface area contributed by atoms with Crippen LogP contribution in [0.15, 0.2) is 48.5 Å². The van der Waals surface area contributed by atoms with Crippen LogP contribution in [0, 0.1) is 0 Å². The zero-order chi connectivity index (χ0) is 26.3. The molecule has 0 fully saturated rings. The second-order valence-electron chi connectivity index (χ2n) is 9.75. The third kappa shape index (κ3) is 16.9. The maximum absolute atomic E-state index is 12.0. The topological polar surface area (TPSA) is 101 Å². The van der Waals surface area contributed by atoms with E-state index in [9.17, 15) is 9.90 Å². The van der Waals surface area contributed by atoms with E-state index < -0.39 is 0 Å². The summed E-state index contributed by atoms with van der Waals surface area (Å²) < 4.78 is 0. The molecule has 5 nitrogen and oxygen atoms in total. The van der Waals surface area contributed by atoms with Crippen LogP contribution in [0.25, 0.3) is 0 Å². The van der Waals surface area contributed by atoms with Gasteiger partial charge in [-0.05, 0) is 30.7 Å². The minimum Gasteiger partial charge on any atom is -0.507 e. The zero-order valence-electron chi connectivity index (χ0n) is 22.6. The fourth-order valence-corrected chi connectivity index (χ4v) is 4.16. The molecule has 202 valence electrons. The Hall–Kier alpha value is -2.69. The molecule has 36 heavy (non-hydrogen) atoms. The van der Waals surface area contributed by atoms with Crippen molar-refractivity contribution < 1.29 is 9.90 Å². The number of phenols is 1. The number of nitrogens with two attached hydrogens (primary N) is 2. The van der Waals surface area contributed by atoms with Crippen molar-refractivity contribution in [3.05, 3.63) is 54.1 Å². The summed E-state index contributed by atoms with van der Waals surface area (Å²) in [5.74, 6) is -0.294. The van der Waals surface area contributed by atoms with Crippen molar-refractivity contribution in [2.45, 2.75) is 110 Å². The first kappa shape index (κ1) is 31.3. The lowest BCUT2D eigenvalue weighted by Crippen LogP contribution is -2.24. The lowest BCUT2D eigenvalue weighted by Gasteiger charge is -2.07. The number of para-hydroxylation sites is 1. The molecule has 0 saturated carbocycles. The van der Waals surface area contributed by atoms with Crippen LogP contribution in [0.2, 0.25) is 0 Å². The summed E-state index contributed by atoms with van der Waals surface area (Å²) in [6.45, 7) is 2.93. The number of unbranched alkanes of at least 4 members (excludes halogenated alkanes) is 15. The molecule has 2 aromatic carbocycles. The molecule has 0 radical (unpaired) electrons. The molecule has 0 atom stereocenters. The maximum Gasteiger partial charge on any atom is 0.255 e. The molecule has 0 heterocycles. The molecule has 0 saturated heterocycles. The van der Waals surface area contributed by atoms with Gasteiger partial charge in [-0.3, -0.25) is 4.79 Å². The van der Waals surface area contributed by atoms with Crippen molar-refractivity contribution in [2.24, 2.45) is 0 Å². The first-order chi connectivity index (χ1) is 17.5. The summed E-state index contributed by atoms with van der Waals surface area (Å²) in [5.41, 5.74) is 12.5. The van der Waals surface area contributed by atoms with Gasteiger partial charge in [-0.2, -0.15) is 0 Å². The minimum atomic E-state index is -0.233. The van der Waals surface area contributed by atoms with Crippen molar-refractivity contribution in [2.75, 3.05) is 18.0 Å². The van der Waals surface area contributed by atoms with Crippen LogP contribution in [0.3, 0.4) is 0 Å². The monoisotopic (exact) mass is 497 g/mol. The molecule has 0 spiro atoms. The highest BCUT2D eigenvalue weighted by Crippen LogP contribution is 2.20. The van der Waals surface area contributed by atoms with Crippen LogP contribution in [0.4, 0.5) is 11.4 Å². The van der Waals surface area contributed by atoms with E-state index in [-0.39, 0.29) is 17.2 Å². The Balaban J connectivity index is 0.000000789. The molecule has 2 rings (SSSR count). The Kier molecular flexibility index (Phi) is 18.8. The molecular weight excluding hydrogens is 446 g/mol. The summed E-state index contributed by atoms with van der Waals surface area (Å²) in [6, 6.07) is 14.1. The van der Waals surface area contributed by atoms with E-state index in [0.717, 1.165) is 18.5 Å². The van der Waals surface area contributed by atoms with Gasteiger partial charge in [-0.15, -0.1) is 0 Å². The Morgan fingerprint density at radius 2 is 1.14 bits per heavy atom. The Morgan fingerprint density at radius 3 is 1.56 bits per heavy atom. The quantitative estimate of drug-likeness (QED) is 0.123. The van der Waals surface area contributed by atoms with Gasteiger partial charge in [0.2, 0.25) is 0 Å². The summed E-state index contributed by atoms with van der Waals surface area (Å²) in [7, 11) is 0. The van der Waals surface area contributed by atoms with Crippen molar-refractivity contribution in [3.63, 3.8) is 0 Å². The first-order valence-electron chi connectivity index (χ1n) is 14.2. The second-order valence-corrected chi connectivity index (χ2v) is 9.75. The number of amides is 1. The van der Waals surface area contributed by atoms with Gasteiger partial charge < -0.3 is 21.9 Å². The molecule has 0 aliphatic rings. The molecule has 1 amide bonds. The van der Waals surface area contributed by atoms with Crippen LogP contribution in [-0.4, -0.2) is 17.6 Å². The van der Waals surface area contributed by atoms with Gasteiger partial charge in [-0.1, -0.05) is 121 Å². The minimum absolute atomic E-state index is 0.0607. The van der Waals surface area contributed by atoms with E-state index in [1.807, 2.05) is 30.3 Å². The number of nitrogens with one attached hydrogen (secondary N) is 1. The van der Waals surface area contributed by atoms with Crippen molar-refractivity contribution in [3.8, 4) is 5.75 Å². The number of hydrogen-bond donors (Lipinski definition) is 4. The number of nitrogen functional groups attached to an aromatic ring is 2. The normalized spacial score (nSPS) is 10.5. The Bertz CT molecular complexity index is 796. The Labute approximate surface area is 220 Å². The first-order valence-corrected chi connectivity index (χ1v) is 14.2. The molecule has 0 aromatic heterocycles. The van der Waals surface area contributed by atoms with Gasteiger partial charge in [0.15, 0.2) is 0 Å². The molecule has 6 N–H and O–H groups in total. The van der Waals surface area contributed by atoms with Crippen LogP contribution in [0.5, 0.6) is 5.75 Å². The largest absolute Gasteiger partial charge is 0.507 e. The second kappa shape index (κ2) is 21.6. The van der Waals surface area contributed by atoms with Crippen LogP contribution < -0.4 is 16.8 Å². The van der Waals surface area contributed by atoms with E-state index in [2.05, 4.69) is 12.2 Å². The van der Waals surface area contributed by atoms with Gasteiger partial charge >= 0.3 is 0 Å². The van der Waals surface area contributed by atoms with E-state index >= 15 is 0 Å². The van der Waals surface area contributed by atoms with Gasteiger partial charge in [0, 0.05) is 24.0 Å². The van der Waals surface area contributed by atoms with Gasteiger partial charge in [0.1, 0.15) is 5.75 Å². The number of benzene rings is 2. The van der Waals surface area contributed by atoms with Crippen molar-refractivity contribution in [1.29, 1.82) is 0 Å². The number of carbonyl (C=O) groups is 1. The third-order valence-corrected chi connectivity index (χ3v) is 6.38. The van der Waals surface area contributed by atoms with Gasteiger partial charge in [0.25, 0.3) is 5.91 Å². The van der Waals surface area contributed by atoms with Crippen LogP contribution >= 0.6 is 0 Å². The highest BCUT2D eigenvalue weighted by atomic mass is 16.3. The van der Waals surface area contributed by atoms with Gasteiger partial charge in [-0.25, -0.2) is 0 Å². The van der Waals surface area contributed by atoms with E-state index in [4.69, 9.17) is 11.5 Å². The predicted molar refractivity (Wildman–Crippen MR) is 155 cm³/mol. The molecule has 0 aliphatic heterocycles. The summed E-state index contributed by atoms with van der Waals surface area (Å²) in [5, 5.41) is 12.6. The summed E-state index contributed by atoms with van der Waals surface area (Å²) in [4.78, 5) is 12.0. The van der Waals surface area contributed by atoms with E-state index in [1.54, 1.807) is 12.1 Å². The molecule has 5 heteroatoms. The highest BCUT2D eigenvalue weighted by Gasteiger charge is 2.10. The van der Waals surface area contributed by atoms with Crippen molar-refractivity contribution in [1.82, 2.24) is 5.32 Å². The maximum atomic E-state index is 12.0. The van der Waals surface area contributed by atoms with Crippen molar-refractivity contribution >= 4 is 17.3 Å². The lowest BCUT2D eigenvalue weighted by atomic mass is 10.0. The standard InChI is InChI=1S/C25H44N2O2.C6H7N/c1-2-3-4-5-6-7-8-9-10-11-12-13-14-15-16-17-20-27-25(29)23-19-18-22(26)21-24(23)28;7-6-4-2-1-3-5-6/h18-19,21,28H,2-17,20,26H2,1H3,(H,27,29);1-5H,7H2. The number of rotatable bonds is 18. The lowest BCUT2D eigenvalue weighted by molar-refractivity contribution is 0.0950. The third-order valence-electron chi connectivity index (χ3n) is 6.38. The predicted octanol–water partition coefficient (Wildman–Crippen LogP) is 8.23. The summed E-state index contributed by atoms with van der Waals surface area (Å²) >= 11 is 0. The molecular formula is C31H51N3O2. The fourth-order valence-electron chi connectivity index (χ4n) is 4.16. The van der Waals surface area contributed by atoms with E-state index in [0.29, 0.717) is 12.2 Å². The van der Waals surface area contributed by atoms with E-state index in [1.165, 1.54) is 96.0 Å². The number of aromatic hydroxyl groups is 1. The fraction of sp³-hybridized carbons (Fsp3) is 0.581. The number of hydrogen-bond acceptors (Lipinski definition) is 4. The highest BCUT2D eigenvalue weighted by molar-refractivity contribution is 5.97. The average molecular weight is 498 g/mol. The molecule has 0 bridgehead atoms. The summed E-state index contributed by atoms with van der Waals surface area (Å²) in [6.07, 6.45) is 21.5. The molecule has 2 aromatic rings. The molecule has 0 unspecified atom stereocenters. The van der Waals surface area contributed by atoms with Gasteiger partial charge in [0.05, 0.1) is 5.56 Å². The average Bonchev–Trinajstić information content (AvgIpc) is 2.86. The number of anilines is 2. The SMILES string of the molecule is CCCCCCCCCCCCCCCCCCNC(=O)c1ccc(N)cc1O.Nc1ccccc1. The smallest absolute Gasteiger partial charge is 0.255 e. The number of phenolic OH excluding ortho intramolecular Hbond substituents is 1. The zero-order valence-corrected chi connectivity index (χ0v) is 22.6. The van der Waals surface area contributed by atoms with Crippen LogP contribution in [-0.2, 0) is 0 Å². The number of carbonyl (C=O) groups excluding carboxylic acids is 1.